The Hall–Kier alpha value is -1.12. The van der Waals surface area contributed by atoms with Crippen LogP contribution in [-0.2, 0) is 0 Å². The summed E-state index contributed by atoms with van der Waals surface area (Å²) in [6.07, 6.45) is 2.42. The largest absolute Gasteiger partial charge is 0.309 e. The summed E-state index contributed by atoms with van der Waals surface area (Å²) >= 11 is 1.86. The lowest BCUT2D eigenvalue weighted by Gasteiger charge is -2.25. The third-order valence-corrected chi connectivity index (χ3v) is 5.07. The molecule has 1 nitrogen and oxygen atoms in total. The van der Waals surface area contributed by atoms with Gasteiger partial charge in [0.1, 0.15) is 0 Å². The Morgan fingerprint density at radius 3 is 2.38 bits per heavy atom. The fourth-order valence-corrected chi connectivity index (χ4v) is 3.67. The molecule has 1 heterocycles. The highest BCUT2D eigenvalue weighted by atomic mass is 32.1. The summed E-state index contributed by atoms with van der Waals surface area (Å²) in [6, 6.07) is 15.8. The molecule has 0 saturated carbocycles. The molecule has 0 aliphatic carbocycles. The summed E-state index contributed by atoms with van der Waals surface area (Å²) in [5, 5.41) is 5.99. The van der Waals surface area contributed by atoms with E-state index >= 15 is 0 Å². The summed E-state index contributed by atoms with van der Waals surface area (Å²) in [6.45, 7) is 7.95. The molecule has 0 fully saturated rings. The average Bonchev–Trinajstić information content (AvgIpc) is 3.01. The van der Waals surface area contributed by atoms with E-state index in [1.54, 1.807) is 0 Å². The molecule has 2 rings (SSSR count). The number of hydrogen-bond acceptors (Lipinski definition) is 2. The van der Waals surface area contributed by atoms with Gasteiger partial charge in [-0.15, -0.1) is 11.3 Å². The van der Waals surface area contributed by atoms with Crippen LogP contribution in [0.15, 0.2) is 47.8 Å². The highest BCUT2D eigenvalue weighted by molar-refractivity contribution is 7.10. The van der Waals surface area contributed by atoms with E-state index in [0.29, 0.717) is 17.9 Å². The molecule has 0 bridgehead atoms. The molecule has 0 aliphatic heterocycles. The van der Waals surface area contributed by atoms with Crippen molar-refractivity contribution in [2.75, 3.05) is 6.54 Å². The molecule has 0 amide bonds. The van der Waals surface area contributed by atoms with Crippen molar-refractivity contribution < 1.29 is 0 Å². The smallest absolute Gasteiger partial charge is 0.0414 e. The van der Waals surface area contributed by atoms with Gasteiger partial charge in [-0.1, -0.05) is 63.6 Å². The van der Waals surface area contributed by atoms with Gasteiger partial charge in [-0.05, 0) is 35.3 Å². The number of hydrogen-bond donors (Lipinski definition) is 1. The maximum atomic E-state index is 3.81. The van der Waals surface area contributed by atoms with E-state index < -0.39 is 0 Å². The second-order valence-electron chi connectivity index (χ2n) is 6.03. The van der Waals surface area contributed by atoms with Gasteiger partial charge < -0.3 is 5.32 Å². The van der Waals surface area contributed by atoms with Gasteiger partial charge in [-0.25, -0.2) is 0 Å². The minimum atomic E-state index is 0.500. The Balaban J connectivity index is 2.03. The van der Waals surface area contributed by atoms with Gasteiger partial charge in [0.25, 0.3) is 0 Å². The summed E-state index contributed by atoms with van der Waals surface area (Å²) in [5.74, 6) is 1.22. The van der Waals surface area contributed by atoms with E-state index in [1.165, 1.54) is 23.3 Å². The van der Waals surface area contributed by atoms with Gasteiger partial charge in [-0.3, -0.25) is 0 Å². The molecular weight excluding hydrogens is 274 g/mol. The van der Waals surface area contributed by atoms with Gasteiger partial charge in [0, 0.05) is 17.5 Å². The highest BCUT2D eigenvalue weighted by Gasteiger charge is 2.18. The Morgan fingerprint density at radius 2 is 1.81 bits per heavy atom. The van der Waals surface area contributed by atoms with E-state index in [2.05, 4.69) is 73.9 Å². The molecule has 21 heavy (non-hydrogen) atoms. The summed E-state index contributed by atoms with van der Waals surface area (Å²) < 4.78 is 0. The minimum absolute atomic E-state index is 0.500. The average molecular weight is 301 g/mol. The zero-order chi connectivity index (χ0) is 15.1. The zero-order valence-corrected chi connectivity index (χ0v) is 14.2. The monoisotopic (exact) mass is 301 g/mol. The maximum Gasteiger partial charge on any atom is 0.0414 e. The Labute approximate surface area is 133 Å². The van der Waals surface area contributed by atoms with Gasteiger partial charge >= 0.3 is 0 Å². The van der Waals surface area contributed by atoms with Gasteiger partial charge in [0.05, 0.1) is 0 Å². The number of nitrogens with one attached hydrogen (secondary N) is 1. The second kappa shape index (κ2) is 8.35. The molecular formula is C19H27NS. The van der Waals surface area contributed by atoms with Crippen LogP contribution in [-0.4, -0.2) is 6.54 Å². The summed E-state index contributed by atoms with van der Waals surface area (Å²) in [7, 11) is 0. The quantitative estimate of drug-likeness (QED) is 0.667. The van der Waals surface area contributed by atoms with Crippen LogP contribution in [0, 0.1) is 5.92 Å². The lowest BCUT2D eigenvalue weighted by Crippen LogP contribution is -2.28. The second-order valence-corrected chi connectivity index (χ2v) is 7.01. The third kappa shape index (κ3) is 4.69. The lowest BCUT2D eigenvalue weighted by molar-refractivity contribution is 0.415. The minimum Gasteiger partial charge on any atom is -0.309 e. The predicted molar refractivity (Wildman–Crippen MR) is 94.0 cm³/mol. The Morgan fingerprint density at radius 1 is 1.05 bits per heavy atom. The standard InChI is InChI=1S/C19H27NS/c1-4-9-18(19-12-8-13-21-19)20-14-17(15(2)3)16-10-6-5-7-11-16/h5-8,10-13,15,17-18,20H,4,9,14H2,1-3H3. The fraction of sp³-hybridized carbons (Fsp3) is 0.474. The van der Waals surface area contributed by atoms with Crippen molar-refractivity contribution in [2.45, 2.75) is 45.6 Å². The Kier molecular flexibility index (Phi) is 6.47. The van der Waals surface area contributed by atoms with Crippen LogP contribution in [0.4, 0.5) is 0 Å². The van der Waals surface area contributed by atoms with Crippen molar-refractivity contribution in [3.05, 3.63) is 58.3 Å². The molecule has 2 aromatic rings. The first-order valence-electron chi connectivity index (χ1n) is 8.04. The molecule has 0 radical (unpaired) electrons. The number of thiophene rings is 1. The first-order chi connectivity index (χ1) is 10.2. The molecule has 1 aromatic heterocycles. The summed E-state index contributed by atoms with van der Waals surface area (Å²) in [4.78, 5) is 1.47. The number of rotatable bonds is 8. The van der Waals surface area contributed by atoms with Gasteiger partial charge in [-0.2, -0.15) is 0 Å². The van der Waals surface area contributed by atoms with Crippen molar-refractivity contribution in [1.29, 1.82) is 0 Å². The normalized spacial score (nSPS) is 14.3. The Bertz CT molecular complexity index is 490. The van der Waals surface area contributed by atoms with Crippen LogP contribution in [0.25, 0.3) is 0 Å². The summed E-state index contributed by atoms with van der Waals surface area (Å²) in [5.41, 5.74) is 1.45. The molecule has 2 atom stereocenters. The van der Waals surface area contributed by atoms with Crippen molar-refractivity contribution in [1.82, 2.24) is 5.32 Å². The van der Waals surface area contributed by atoms with E-state index in [1.807, 2.05) is 11.3 Å². The van der Waals surface area contributed by atoms with E-state index in [9.17, 15) is 0 Å². The van der Waals surface area contributed by atoms with Crippen molar-refractivity contribution in [3.63, 3.8) is 0 Å². The fourth-order valence-electron chi connectivity index (χ4n) is 2.83. The van der Waals surface area contributed by atoms with Crippen LogP contribution in [0.5, 0.6) is 0 Å². The molecule has 1 aromatic carbocycles. The maximum absolute atomic E-state index is 3.81. The van der Waals surface area contributed by atoms with Crippen LogP contribution in [0.2, 0.25) is 0 Å². The number of benzene rings is 1. The lowest BCUT2D eigenvalue weighted by atomic mass is 9.88. The molecule has 0 spiro atoms. The van der Waals surface area contributed by atoms with E-state index in [-0.39, 0.29) is 0 Å². The highest BCUT2D eigenvalue weighted by Crippen LogP contribution is 2.27. The van der Waals surface area contributed by atoms with Crippen molar-refractivity contribution in [3.8, 4) is 0 Å². The van der Waals surface area contributed by atoms with Crippen LogP contribution in [0.1, 0.15) is 56.0 Å². The first kappa shape index (κ1) is 16.3. The van der Waals surface area contributed by atoms with Crippen molar-refractivity contribution >= 4 is 11.3 Å². The van der Waals surface area contributed by atoms with E-state index in [0.717, 1.165) is 6.54 Å². The molecule has 2 heteroatoms. The molecule has 0 aliphatic rings. The van der Waals surface area contributed by atoms with Gasteiger partial charge in [0.2, 0.25) is 0 Å². The zero-order valence-electron chi connectivity index (χ0n) is 13.4. The first-order valence-corrected chi connectivity index (χ1v) is 8.92. The molecule has 2 unspecified atom stereocenters. The van der Waals surface area contributed by atoms with Gasteiger partial charge in [0.15, 0.2) is 0 Å². The topological polar surface area (TPSA) is 12.0 Å². The SMILES string of the molecule is CCCC(NCC(c1ccccc1)C(C)C)c1cccs1. The van der Waals surface area contributed by atoms with Crippen LogP contribution >= 0.6 is 11.3 Å². The van der Waals surface area contributed by atoms with Crippen LogP contribution < -0.4 is 5.32 Å². The van der Waals surface area contributed by atoms with Crippen molar-refractivity contribution in [2.24, 2.45) is 5.92 Å². The third-order valence-electron chi connectivity index (χ3n) is 4.08. The molecule has 0 saturated heterocycles. The molecule has 1 N–H and O–H groups in total. The molecule has 114 valence electrons. The predicted octanol–water partition coefficient (Wildman–Crippen LogP) is 5.62. The van der Waals surface area contributed by atoms with E-state index in [4.69, 9.17) is 0 Å². The van der Waals surface area contributed by atoms with Crippen LogP contribution in [0.3, 0.4) is 0 Å².